The zero-order valence-corrected chi connectivity index (χ0v) is 15.7. The molecule has 0 saturated heterocycles. The van der Waals surface area contributed by atoms with Crippen molar-refractivity contribution in [3.63, 3.8) is 0 Å². The highest BCUT2D eigenvalue weighted by molar-refractivity contribution is 7.91. The maximum absolute atomic E-state index is 13.1. The van der Waals surface area contributed by atoms with E-state index in [0.29, 0.717) is 0 Å². The summed E-state index contributed by atoms with van der Waals surface area (Å²) >= 11 is 0. The van der Waals surface area contributed by atoms with Crippen molar-refractivity contribution >= 4 is 21.7 Å². The van der Waals surface area contributed by atoms with Crippen LogP contribution in [0.15, 0.2) is 48.1 Å². The lowest BCUT2D eigenvalue weighted by Crippen LogP contribution is -2.49. The lowest BCUT2D eigenvalue weighted by molar-refractivity contribution is -0.117. The van der Waals surface area contributed by atoms with E-state index in [9.17, 15) is 18.0 Å². The van der Waals surface area contributed by atoms with Crippen molar-refractivity contribution in [1.82, 2.24) is 5.32 Å². The maximum atomic E-state index is 13.1. The van der Waals surface area contributed by atoms with Crippen LogP contribution in [0, 0.1) is 0 Å². The number of sulfonamides is 1. The zero-order valence-electron chi connectivity index (χ0n) is 14.9. The Bertz CT molecular complexity index is 887. The van der Waals surface area contributed by atoms with E-state index in [2.05, 4.69) is 5.32 Å². The first kappa shape index (κ1) is 19.9. The first-order chi connectivity index (χ1) is 12.1. The molecule has 8 heteroatoms. The number of nitrogens with two attached hydrogens (primary N) is 1. The average molecular weight is 378 g/mol. The second kappa shape index (κ2) is 7.43. The van der Waals surface area contributed by atoms with Crippen molar-refractivity contribution in [3.8, 4) is 5.75 Å². The Kier molecular flexibility index (Phi) is 5.68. The fraction of sp³-hybridized carbons (Fsp3) is 0.333. The largest absolute Gasteiger partial charge is 0.496 e. The molecule has 140 valence electrons. The molecule has 1 aliphatic rings. The standard InChI is InChI=1S/C18H22N2O5S/c1-12(2)20-17(22)13-8-10-18(11-9-13,26(19,23)24)16(21)14-6-4-5-7-15(14)25-3/h4-10,12H,11H2,1-3H3,(H,20,22)(H2,19,23,24). The monoisotopic (exact) mass is 378 g/mol. The highest BCUT2D eigenvalue weighted by atomic mass is 32.2. The van der Waals surface area contributed by atoms with Gasteiger partial charge >= 0.3 is 0 Å². The van der Waals surface area contributed by atoms with Gasteiger partial charge in [-0.1, -0.05) is 30.4 Å². The van der Waals surface area contributed by atoms with Crippen LogP contribution in [0.5, 0.6) is 5.75 Å². The molecule has 1 unspecified atom stereocenters. The number of amides is 1. The summed E-state index contributed by atoms with van der Waals surface area (Å²) in [5.74, 6) is -0.793. The van der Waals surface area contributed by atoms with E-state index in [-0.39, 0.29) is 35.3 Å². The van der Waals surface area contributed by atoms with Gasteiger partial charge in [0.05, 0.1) is 12.7 Å². The van der Waals surface area contributed by atoms with Crippen molar-refractivity contribution in [1.29, 1.82) is 0 Å². The average Bonchev–Trinajstić information content (AvgIpc) is 2.59. The minimum Gasteiger partial charge on any atom is -0.496 e. The Morgan fingerprint density at radius 2 is 1.92 bits per heavy atom. The Labute approximate surface area is 153 Å². The summed E-state index contributed by atoms with van der Waals surface area (Å²) in [6.45, 7) is 3.62. The number of nitrogens with one attached hydrogen (secondary N) is 1. The van der Waals surface area contributed by atoms with Gasteiger partial charge in [0, 0.05) is 11.6 Å². The smallest absolute Gasteiger partial charge is 0.251 e. The molecule has 0 aromatic heterocycles. The number of para-hydroxylation sites is 1. The van der Waals surface area contributed by atoms with Crippen LogP contribution < -0.4 is 15.2 Å². The number of Topliss-reactive ketones (excluding diaryl/α,β-unsaturated/α-hetero) is 1. The number of carbonyl (C=O) groups excluding carboxylic acids is 2. The third-order valence-electron chi connectivity index (χ3n) is 4.08. The molecule has 0 spiro atoms. The molecule has 2 rings (SSSR count). The van der Waals surface area contributed by atoms with Gasteiger partial charge in [0.25, 0.3) is 5.91 Å². The third-order valence-corrected chi connectivity index (χ3v) is 5.59. The molecule has 0 aliphatic heterocycles. The molecule has 1 atom stereocenters. The molecule has 26 heavy (non-hydrogen) atoms. The van der Waals surface area contributed by atoms with Gasteiger partial charge in [-0.3, -0.25) is 9.59 Å². The number of ether oxygens (including phenoxy) is 1. The van der Waals surface area contributed by atoms with Crippen molar-refractivity contribution in [3.05, 3.63) is 53.6 Å². The SMILES string of the molecule is COc1ccccc1C(=O)C1(S(N)(=O)=O)C=CC(C(=O)NC(C)C)=CC1. The Morgan fingerprint density at radius 3 is 2.42 bits per heavy atom. The molecule has 1 aromatic carbocycles. The normalized spacial score (nSPS) is 19.8. The molecule has 1 amide bonds. The molecule has 0 radical (unpaired) electrons. The number of primary sulfonamides is 1. The maximum Gasteiger partial charge on any atom is 0.251 e. The van der Waals surface area contributed by atoms with Gasteiger partial charge in [-0.2, -0.15) is 0 Å². The van der Waals surface area contributed by atoms with Gasteiger partial charge in [-0.15, -0.1) is 0 Å². The summed E-state index contributed by atoms with van der Waals surface area (Å²) in [6, 6.07) is 6.25. The van der Waals surface area contributed by atoms with Gasteiger partial charge in [-0.05, 0) is 32.4 Å². The van der Waals surface area contributed by atoms with E-state index < -0.39 is 20.6 Å². The molecular formula is C18H22N2O5S. The van der Waals surface area contributed by atoms with E-state index in [1.807, 2.05) is 13.8 Å². The lowest BCUT2D eigenvalue weighted by atomic mass is 9.88. The van der Waals surface area contributed by atoms with Crippen LogP contribution >= 0.6 is 0 Å². The predicted octanol–water partition coefficient (Wildman–Crippen LogP) is 1.32. The molecule has 3 N–H and O–H groups in total. The van der Waals surface area contributed by atoms with E-state index in [4.69, 9.17) is 9.88 Å². The van der Waals surface area contributed by atoms with Gasteiger partial charge < -0.3 is 10.1 Å². The topological polar surface area (TPSA) is 116 Å². The first-order valence-electron chi connectivity index (χ1n) is 8.03. The van der Waals surface area contributed by atoms with Gasteiger partial charge in [-0.25, -0.2) is 13.6 Å². The van der Waals surface area contributed by atoms with Gasteiger partial charge in [0.1, 0.15) is 5.75 Å². The fourth-order valence-electron chi connectivity index (χ4n) is 2.70. The number of hydrogen-bond acceptors (Lipinski definition) is 5. The summed E-state index contributed by atoms with van der Waals surface area (Å²) in [5.41, 5.74) is 0.392. The van der Waals surface area contributed by atoms with Crippen LogP contribution in [0.2, 0.25) is 0 Å². The van der Waals surface area contributed by atoms with Crippen LogP contribution in [-0.2, 0) is 14.8 Å². The zero-order chi connectivity index (χ0) is 19.5. The number of hydrogen-bond donors (Lipinski definition) is 2. The number of methoxy groups -OCH3 is 1. The number of allylic oxidation sites excluding steroid dienone is 1. The van der Waals surface area contributed by atoms with Crippen LogP contribution in [0.25, 0.3) is 0 Å². The quantitative estimate of drug-likeness (QED) is 0.724. The Hall–Kier alpha value is -2.45. The van der Waals surface area contributed by atoms with Crippen molar-refractivity contribution in [2.24, 2.45) is 5.14 Å². The molecule has 1 aromatic rings. The van der Waals surface area contributed by atoms with E-state index in [0.717, 1.165) is 0 Å². The fourth-order valence-corrected chi connectivity index (χ4v) is 3.65. The number of ketones is 1. The third kappa shape index (κ3) is 3.71. The molecule has 0 fully saturated rings. The molecule has 0 bridgehead atoms. The van der Waals surface area contributed by atoms with Crippen LogP contribution in [0.1, 0.15) is 30.6 Å². The van der Waals surface area contributed by atoms with Crippen LogP contribution in [-0.4, -0.2) is 38.0 Å². The number of carbonyl (C=O) groups is 2. The van der Waals surface area contributed by atoms with Gasteiger partial charge in [0.15, 0.2) is 10.5 Å². The molecule has 7 nitrogen and oxygen atoms in total. The van der Waals surface area contributed by atoms with Crippen LogP contribution in [0.4, 0.5) is 0 Å². The Morgan fingerprint density at radius 1 is 1.27 bits per heavy atom. The summed E-state index contributed by atoms with van der Waals surface area (Å²) in [4.78, 5) is 25.2. The lowest BCUT2D eigenvalue weighted by Gasteiger charge is -2.29. The number of rotatable bonds is 6. The minimum atomic E-state index is -4.30. The molecule has 1 aliphatic carbocycles. The Balaban J connectivity index is 2.45. The number of benzene rings is 1. The predicted molar refractivity (Wildman–Crippen MR) is 98.3 cm³/mol. The molecular weight excluding hydrogens is 356 g/mol. The highest BCUT2D eigenvalue weighted by Gasteiger charge is 2.48. The van der Waals surface area contributed by atoms with Crippen molar-refractivity contribution < 1.29 is 22.7 Å². The first-order valence-corrected chi connectivity index (χ1v) is 9.57. The minimum absolute atomic E-state index is 0.0723. The molecule has 0 saturated carbocycles. The second-order valence-electron chi connectivity index (χ2n) is 6.29. The van der Waals surface area contributed by atoms with E-state index >= 15 is 0 Å². The second-order valence-corrected chi connectivity index (χ2v) is 8.11. The van der Waals surface area contributed by atoms with E-state index in [1.54, 1.807) is 18.2 Å². The summed E-state index contributed by atoms with van der Waals surface area (Å²) in [7, 11) is -2.91. The molecule has 0 heterocycles. The summed E-state index contributed by atoms with van der Waals surface area (Å²) < 4.78 is 27.8. The van der Waals surface area contributed by atoms with Crippen LogP contribution in [0.3, 0.4) is 0 Å². The summed E-state index contributed by atoms with van der Waals surface area (Å²) in [6.07, 6.45) is 3.68. The van der Waals surface area contributed by atoms with Gasteiger partial charge in [0.2, 0.25) is 10.0 Å². The highest BCUT2D eigenvalue weighted by Crippen LogP contribution is 2.34. The van der Waals surface area contributed by atoms with E-state index in [1.165, 1.54) is 31.4 Å². The summed E-state index contributed by atoms with van der Waals surface area (Å²) in [5, 5.41) is 8.12. The van der Waals surface area contributed by atoms with Crippen molar-refractivity contribution in [2.75, 3.05) is 7.11 Å². The van der Waals surface area contributed by atoms with Crippen molar-refractivity contribution in [2.45, 2.75) is 31.1 Å².